The molecule has 0 radical (unpaired) electrons. The van der Waals surface area contributed by atoms with Crippen molar-refractivity contribution in [2.24, 2.45) is 5.10 Å². The van der Waals surface area contributed by atoms with Gasteiger partial charge >= 0.3 is 11.8 Å². The number of hydrogen-bond donors (Lipinski definition) is 3. The maximum atomic E-state index is 11.9. The van der Waals surface area contributed by atoms with E-state index >= 15 is 0 Å². The van der Waals surface area contributed by atoms with Gasteiger partial charge in [0, 0.05) is 17.3 Å². The molecule has 0 saturated carbocycles. The van der Waals surface area contributed by atoms with E-state index in [2.05, 4.69) is 27.7 Å². The Bertz CT molecular complexity index is 896. The minimum atomic E-state index is -0.880. The molecule has 0 aromatic heterocycles. The van der Waals surface area contributed by atoms with Crippen LogP contribution in [0.1, 0.15) is 5.56 Å². The summed E-state index contributed by atoms with van der Waals surface area (Å²) in [5.41, 5.74) is 3.39. The summed E-state index contributed by atoms with van der Waals surface area (Å²) in [7, 11) is 0. The highest BCUT2D eigenvalue weighted by molar-refractivity contribution is 6.35. The molecule has 0 bridgehead atoms. The van der Waals surface area contributed by atoms with Gasteiger partial charge in [-0.3, -0.25) is 14.4 Å². The van der Waals surface area contributed by atoms with Gasteiger partial charge in [-0.25, -0.2) is 5.43 Å². The van der Waals surface area contributed by atoms with Crippen LogP contribution in [0.4, 0.5) is 5.69 Å². The molecule has 3 amide bonds. The summed E-state index contributed by atoms with van der Waals surface area (Å²) in [5, 5.41) is 9.30. The van der Waals surface area contributed by atoms with Crippen LogP contribution in [0.25, 0.3) is 0 Å². The number of halogens is 1. The zero-order valence-electron chi connectivity index (χ0n) is 15.4. The summed E-state index contributed by atoms with van der Waals surface area (Å²) in [6.07, 6.45) is 2.83. The zero-order valence-corrected chi connectivity index (χ0v) is 16.1. The number of nitrogens with one attached hydrogen (secondary N) is 3. The minimum absolute atomic E-state index is 0.161. The molecule has 9 heteroatoms. The van der Waals surface area contributed by atoms with Crippen LogP contribution in [0.15, 0.2) is 66.3 Å². The Morgan fingerprint density at radius 3 is 2.38 bits per heavy atom. The number of nitrogens with zero attached hydrogens (tertiary/aromatic N) is 1. The van der Waals surface area contributed by atoms with Crippen LogP contribution in [0.3, 0.4) is 0 Å². The molecule has 0 heterocycles. The molecule has 2 rings (SSSR count). The molecule has 0 saturated heterocycles. The van der Waals surface area contributed by atoms with Crippen molar-refractivity contribution in [3.8, 4) is 5.75 Å². The second-order valence-electron chi connectivity index (χ2n) is 5.61. The first-order valence-electron chi connectivity index (χ1n) is 8.48. The average molecular weight is 415 g/mol. The van der Waals surface area contributed by atoms with Gasteiger partial charge in [-0.15, -0.1) is 6.58 Å². The Morgan fingerprint density at radius 2 is 1.72 bits per heavy atom. The molecular weight excluding hydrogens is 396 g/mol. The Labute approximate surface area is 172 Å². The summed E-state index contributed by atoms with van der Waals surface area (Å²) in [6.45, 7) is 3.46. The highest BCUT2D eigenvalue weighted by Crippen LogP contribution is 2.14. The van der Waals surface area contributed by atoms with Gasteiger partial charge in [0.25, 0.3) is 5.91 Å². The molecule has 0 aliphatic carbocycles. The topological polar surface area (TPSA) is 109 Å². The van der Waals surface area contributed by atoms with E-state index in [9.17, 15) is 14.4 Å². The van der Waals surface area contributed by atoms with Gasteiger partial charge in [0.2, 0.25) is 0 Å². The fourth-order valence-electron chi connectivity index (χ4n) is 1.99. The number of carbonyl (C=O) groups excluding carboxylic acids is 3. The van der Waals surface area contributed by atoms with Crippen molar-refractivity contribution in [2.75, 3.05) is 18.5 Å². The molecule has 150 valence electrons. The van der Waals surface area contributed by atoms with Crippen molar-refractivity contribution in [1.82, 2.24) is 10.7 Å². The number of amides is 3. The van der Waals surface area contributed by atoms with Crippen molar-refractivity contribution in [3.05, 3.63) is 71.8 Å². The van der Waals surface area contributed by atoms with E-state index in [0.717, 1.165) is 0 Å². The molecule has 0 fully saturated rings. The number of ether oxygens (including phenoxy) is 1. The van der Waals surface area contributed by atoms with Gasteiger partial charge in [-0.1, -0.05) is 17.7 Å². The van der Waals surface area contributed by atoms with Gasteiger partial charge in [0.05, 0.1) is 6.21 Å². The van der Waals surface area contributed by atoms with E-state index in [1.165, 1.54) is 12.3 Å². The van der Waals surface area contributed by atoms with E-state index in [1.54, 1.807) is 48.5 Å². The lowest BCUT2D eigenvalue weighted by Crippen LogP contribution is -2.37. The summed E-state index contributed by atoms with van der Waals surface area (Å²) in [5.74, 6) is -1.51. The largest absolute Gasteiger partial charge is 0.484 e. The predicted octanol–water partition coefficient (Wildman–Crippen LogP) is 2.11. The average Bonchev–Trinajstić information content (AvgIpc) is 2.73. The molecule has 3 N–H and O–H groups in total. The third-order valence-corrected chi connectivity index (χ3v) is 3.62. The fraction of sp³-hybridized carbons (Fsp3) is 0.100. The maximum Gasteiger partial charge on any atom is 0.329 e. The standard InChI is InChI=1S/C20H19ClN4O4/c1-2-11-22-19(27)20(28)25-23-12-14-3-9-17(10-4-14)29-13-18(26)24-16-7-5-15(21)6-8-16/h2-10,12H,1,11,13H2,(H,22,27)(H,24,26)(H,25,28)/b23-12-. The van der Waals surface area contributed by atoms with E-state index in [4.69, 9.17) is 16.3 Å². The number of carbonyl (C=O) groups is 3. The quantitative estimate of drug-likeness (QED) is 0.266. The fourth-order valence-corrected chi connectivity index (χ4v) is 2.12. The molecule has 0 aliphatic rings. The number of anilines is 1. The molecule has 29 heavy (non-hydrogen) atoms. The summed E-state index contributed by atoms with van der Waals surface area (Å²) in [4.78, 5) is 34.7. The number of benzene rings is 2. The minimum Gasteiger partial charge on any atom is -0.484 e. The molecule has 0 spiro atoms. The van der Waals surface area contributed by atoms with E-state index in [0.29, 0.717) is 22.0 Å². The Balaban J connectivity index is 1.77. The number of rotatable bonds is 8. The smallest absolute Gasteiger partial charge is 0.329 e. The SMILES string of the molecule is C=CCNC(=O)C(=O)N/N=C\c1ccc(OCC(=O)Nc2ccc(Cl)cc2)cc1. The van der Waals surface area contributed by atoms with Crippen LogP contribution >= 0.6 is 11.6 Å². The third-order valence-electron chi connectivity index (χ3n) is 3.37. The first-order valence-corrected chi connectivity index (χ1v) is 8.86. The molecule has 2 aromatic rings. The lowest BCUT2D eigenvalue weighted by atomic mass is 10.2. The van der Waals surface area contributed by atoms with Gasteiger partial charge in [-0.2, -0.15) is 5.10 Å². The van der Waals surface area contributed by atoms with Gasteiger partial charge < -0.3 is 15.4 Å². The van der Waals surface area contributed by atoms with Crippen LogP contribution in [-0.4, -0.2) is 37.1 Å². The second kappa shape index (κ2) is 11.3. The molecule has 0 atom stereocenters. The zero-order chi connectivity index (χ0) is 21.1. The summed E-state index contributed by atoms with van der Waals surface area (Å²) < 4.78 is 5.42. The van der Waals surface area contributed by atoms with E-state index in [1.807, 2.05) is 0 Å². The van der Waals surface area contributed by atoms with Gasteiger partial charge in [-0.05, 0) is 54.1 Å². The molecule has 2 aromatic carbocycles. The van der Waals surface area contributed by atoms with Crippen molar-refractivity contribution in [2.45, 2.75) is 0 Å². The lowest BCUT2D eigenvalue weighted by molar-refractivity contribution is -0.139. The lowest BCUT2D eigenvalue weighted by Gasteiger charge is -2.08. The normalized spacial score (nSPS) is 10.2. The summed E-state index contributed by atoms with van der Waals surface area (Å²) >= 11 is 5.79. The van der Waals surface area contributed by atoms with Crippen LogP contribution in [0.2, 0.25) is 5.02 Å². The highest BCUT2D eigenvalue weighted by atomic mass is 35.5. The highest BCUT2D eigenvalue weighted by Gasteiger charge is 2.10. The first kappa shape index (κ1) is 21.6. The first-order chi connectivity index (χ1) is 14.0. The van der Waals surface area contributed by atoms with Crippen molar-refractivity contribution in [3.63, 3.8) is 0 Å². The Kier molecular flexibility index (Phi) is 8.40. The monoisotopic (exact) mass is 414 g/mol. The Hall–Kier alpha value is -3.65. The third kappa shape index (κ3) is 7.86. The van der Waals surface area contributed by atoms with Gasteiger partial charge in [0.15, 0.2) is 6.61 Å². The molecular formula is C20H19ClN4O4. The number of hydrazone groups is 1. The predicted molar refractivity (Wildman–Crippen MR) is 111 cm³/mol. The molecule has 0 aliphatic heterocycles. The van der Waals surface area contributed by atoms with Crippen molar-refractivity contribution in [1.29, 1.82) is 0 Å². The van der Waals surface area contributed by atoms with Crippen molar-refractivity contribution < 1.29 is 19.1 Å². The number of hydrogen-bond acceptors (Lipinski definition) is 5. The van der Waals surface area contributed by atoms with Crippen LogP contribution in [0, 0.1) is 0 Å². The van der Waals surface area contributed by atoms with Gasteiger partial charge in [0.1, 0.15) is 5.75 Å². The van der Waals surface area contributed by atoms with Crippen LogP contribution < -0.4 is 20.8 Å². The Morgan fingerprint density at radius 1 is 1.03 bits per heavy atom. The molecule has 8 nitrogen and oxygen atoms in total. The second-order valence-corrected chi connectivity index (χ2v) is 6.05. The van der Waals surface area contributed by atoms with Crippen LogP contribution in [-0.2, 0) is 14.4 Å². The van der Waals surface area contributed by atoms with Crippen molar-refractivity contribution >= 4 is 41.2 Å². The maximum absolute atomic E-state index is 11.9. The van der Waals surface area contributed by atoms with Crippen LogP contribution in [0.5, 0.6) is 5.75 Å². The van der Waals surface area contributed by atoms with E-state index < -0.39 is 11.8 Å². The summed E-state index contributed by atoms with van der Waals surface area (Å²) in [6, 6.07) is 13.4. The van der Waals surface area contributed by atoms with E-state index in [-0.39, 0.29) is 19.1 Å². The molecule has 0 unspecified atom stereocenters.